The van der Waals surface area contributed by atoms with Crippen LogP contribution in [0, 0.1) is 0 Å². The summed E-state index contributed by atoms with van der Waals surface area (Å²) in [5, 5.41) is 5.60. The first-order valence-corrected chi connectivity index (χ1v) is 17.6. The van der Waals surface area contributed by atoms with Gasteiger partial charge in [0, 0.05) is 62.1 Å². The Bertz CT molecular complexity index is 1960. The Hall–Kier alpha value is -3.56. The predicted molar refractivity (Wildman–Crippen MR) is 182 cm³/mol. The van der Waals surface area contributed by atoms with E-state index in [0.717, 1.165) is 11.4 Å². The van der Waals surface area contributed by atoms with Gasteiger partial charge in [0.25, 0.3) is 0 Å². The molecule has 43 heavy (non-hydrogen) atoms. The number of hydrogen-bond donors (Lipinski definition) is 1. The number of hydrogen-bond acceptors (Lipinski definition) is 6. The Morgan fingerprint density at radius 1 is 0.837 bits per heavy atom. The summed E-state index contributed by atoms with van der Waals surface area (Å²) in [4.78, 5) is 4.91. The smallest absolute Gasteiger partial charge is 0.210 e. The summed E-state index contributed by atoms with van der Waals surface area (Å²) >= 11 is 3.58. The first kappa shape index (κ1) is 29.5. The molecule has 2 aromatic heterocycles. The molecule has 0 saturated carbocycles. The van der Waals surface area contributed by atoms with Crippen LogP contribution in [0.5, 0.6) is 0 Å². The first-order valence-electron chi connectivity index (χ1n) is 14.4. The van der Waals surface area contributed by atoms with E-state index >= 15 is 0 Å². The van der Waals surface area contributed by atoms with Crippen LogP contribution >= 0.6 is 22.7 Å². The zero-order valence-corrected chi connectivity index (χ0v) is 26.9. The lowest BCUT2D eigenvalue weighted by Crippen LogP contribution is -2.28. The predicted octanol–water partition coefficient (Wildman–Crippen LogP) is 8.75. The van der Waals surface area contributed by atoms with Crippen molar-refractivity contribution in [3.63, 3.8) is 0 Å². The molecule has 8 heteroatoms. The average Bonchev–Trinajstić information content (AvgIpc) is 3.71. The van der Waals surface area contributed by atoms with Crippen molar-refractivity contribution in [3.8, 4) is 20.2 Å². The van der Waals surface area contributed by atoms with Crippen LogP contribution < -0.4 is 5.32 Å². The highest BCUT2D eigenvalue weighted by molar-refractivity contribution is 7.85. The number of nitrogens with one attached hydrogen (secondary N) is 1. The molecule has 1 aliphatic heterocycles. The van der Waals surface area contributed by atoms with Crippen molar-refractivity contribution in [2.45, 2.75) is 32.1 Å². The second kappa shape index (κ2) is 11.8. The third-order valence-electron chi connectivity index (χ3n) is 8.12. The first-order chi connectivity index (χ1) is 20.6. The fourth-order valence-electron chi connectivity index (χ4n) is 5.99. The largest absolute Gasteiger partial charge is 0.748 e. The molecule has 0 fully saturated rings. The molecule has 1 aliphatic rings. The van der Waals surface area contributed by atoms with Crippen LogP contribution in [0.25, 0.3) is 37.0 Å². The van der Waals surface area contributed by atoms with Crippen LogP contribution in [0.15, 0.2) is 91.0 Å². The molecule has 0 saturated heterocycles. The van der Waals surface area contributed by atoms with Gasteiger partial charge >= 0.3 is 0 Å². The molecule has 3 aromatic carbocycles. The molecular weight excluding hydrogens is 593 g/mol. The number of allylic oxidation sites excluding steroid dienone is 1. The summed E-state index contributed by atoms with van der Waals surface area (Å²) in [6.07, 6.45) is 5.37. The fraction of sp³-hybridized carbons (Fsp3) is 0.229. The number of thiophene rings is 2. The van der Waals surface area contributed by atoms with E-state index in [1.165, 1.54) is 47.1 Å². The van der Waals surface area contributed by atoms with Crippen molar-refractivity contribution in [2.24, 2.45) is 0 Å². The second-order valence-electron chi connectivity index (χ2n) is 11.3. The number of nitrogens with zero attached hydrogens (tertiary/aromatic N) is 1. The van der Waals surface area contributed by atoms with Gasteiger partial charge in [0.1, 0.15) is 6.54 Å². The van der Waals surface area contributed by atoms with Gasteiger partial charge in [-0.3, -0.25) is 0 Å². The van der Waals surface area contributed by atoms with E-state index in [9.17, 15) is 13.0 Å². The van der Waals surface area contributed by atoms with Gasteiger partial charge in [-0.15, -0.1) is 22.7 Å². The topological polar surface area (TPSA) is 72.2 Å². The molecule has 0 spiro atoms. The van der Waals surface area contributed by atoms with Gasteiger partial charge in [-0.05, 0) is 85.1 Å². The Balaban J connectivity index is 1.29. The van der Waals surface area contributed by atoms with E-state index in [4.69, 9.17) is 0 Å². The van der Waals surface area contributed by atoms with Gasteiger partial charge in [-0.1, -0.05) is 36.4 Å². The molecular formula is C35H34N2O3S3. The molecule has 0 unspecified atom stereocenters. The molecule has 0 atom stereocenters. The van der Waals surface area contributed by atoms with E-state index in [-0.39, 0.29) is 11.2 Å². The minimum atomic E-state index is -4.22. The van der Waals surface area contributed by atoms with Crippen molar-refractivity contribution in [3.05, 3.63) is 101 Å². The van der Waals surface area contributed by atoms with Gasteiger partial charge in [0.05, 0.1) is 15.5 Å². The Morgan fingerprint density at radius 3 is 2.33 bits per heavy atom. The molecule has 1 N–H and O–H groups in total. The van der Waals surface area contributed by atoms with Crippen molar-refractivity contribution in [2.75, 3.05) is 24.7 Å². The van der Waals surface area contributed by atoms with Crippen LogP contribution in [-0.2, 0) is 15.5 Å². The van der Waals surface area contributed by atoms with Crippen molar-refractivity contribution in [1.29, 1.82) is 0 Å². The van der Waals surface area contributed by atoms with Gasteiger partial charge < -0.3 is 9.87 Å². The molecule has 0 aliphatic carbocycles. The lowest BCUT2D eigenvalue weighted by Gasteiger charge is -2.17. The lowest BCUT2D eigenvalue weighted by atomic mass is 9.79. The highest BCUT2D eigenvalue weighted by Gasteiger charge is 2.45. The Kier molecular flexibility index (Phi) is 8.13. The van der Waals surface area contributed by atoms with Crippen LogP contribution in [-0.4, -0.2) is 42.6 Å². The quantitative estimate of drug-likeness (QED) is 0.0956. The van der Waals surface area contributed by atoms with Gasteiger partial charge in [-0.25, -0.2) is 8.42 Å². The maximum absolute atomic E-state index is 11.2. The molecule has 5 nitrogen and oxygen atoms in total. The third kappa shape index (κ3) is 6.10. The summed E-state index contributed by atoms with van der Waals surface area (Å²) in [7, 11) is -2.29. The van der Waals surface area contributed by atoms with Gasteiger partial charge in [-0.2, -0.15) is 4.58 Å². The molecule has 5 aromatic rings. The summed E-state index contributed by atoms with van der Waals surface area (Å²) < 4.78 is 36.0. The van der Waals surface area contributed by atoms with E-state index in [2.05, 4.69) is 121 Å². The average molecular weight is 627 g/mol. The molecule has 6 rings (SSSR count). The highest BCUT2D eigenvalue weighted by atomic mass is 32.2. The molecule has 0 bridgehead atoms. The summed E-state index contributed by atoms with van der Waals surface area (Å²) in [6.45, 7) is 5.17. The number of rotatable bonds is 10. The van der Waals surface area contributed by atoms with Crippen molar-refractivity contribution >= 4 is 66.7 Å². The van der Waals surface area contributed by atoms with E-state index < -0.39 is 10.1 Å². The zero-order valence-electron chi connectivity index (χ0n) is 24.5. The van der Waals surface area contributed by atoms with Crippen molar-refractivity contribution in [1.82, 2.24) is 0 Å². The second-order valence-corrected chi connectivity index (χ2v) is 15.1. The molecule has 3 heterocycles. The van der Waals surface area contributed by atoms with Crippen molar-refractivity contribution < 1.29 is 17.5 Å². The van der Waals surface area contributed by atoms with Crippen LogP contribution in [0.3, 0.4) is 0 Å². The highest BCUT2D eigenvalue weighted by Crippen LogP contribution is 2.45. The van der Waals surface area contributed by atoms with E-state index in [1.54, 1.807) is 22.7 Å². The maximum atomic E-state index is 11.2. The maximum Gasteiger partial charge on any atom is 0.210 e. The minimum absolute atomic E-state index is 0.261. The normalized spacial score (nSPS) is 14.6. The lowest BCUT2D eigenvalue weighted by molar-refractivity contribution is -0.438. The van der Waals surface area contributed by atoms with Crippen LogP contribution in [0.1, 0.15) is 37.1 Å². The van der Waals surface area contributed by atoms with Crippen LogP contribution in [0.4, 0.5) is 11.4 Å². The van der Waals surface area contributed by atoms with E-state index in [0.29, 0.717) is 19.4 Å². The fourth-order valence-corrected chi connectivity index (χ4v) is 8.56. The van der Waals surface area contributed by atoms with Gasteiger partial charge in [0.15, 0.2) is 5.71 Å². The number of fused-ring (bicyclic) bond motifs is 3. The number of anilines is 1. The minimum Gasteiger partial charge on any atom is -0.748 e. The summed E-state index contributed by atoms with van der Waals surface area (Å²) in [5.41, 5.74) is 5.65. The van der Waals surface area contributed by atoms with Crippen LogP contribution in [0.2, 0.25) is 0 Å². The van der Waals surface area contributed by atoms with Gasteiger partial charge in [0.2, 0.25) is 5.69 Å². The number of benzene rings is 3. The van der Waals surface area contributed by atoms with E-state index in [1.807, 2.05) is 7.05 Å². The summed E-state index contributed by atoms with van der Waals surface area (Å²) in [6, 6.07) is 30.0. The monoisotopic (exact) mass is 626 g/mol. The standard InChI is InChI=1S/C35H34N2O3S3/c1-35(2)33(37(22-6-7-23-43(38,39)40)29-17-12-24-8-4-5-9-28(24)34(29)35)21-16-27-15-18-31(41-27)32-20-19-30(42-32)25-10-13-26(36-3)14-11-25/h4-5,8-21H,6-7,22-23H2,1-3H3,(H,38,39,40). The summed E-state index contributed by atoms with van der Waals surface area (Å²) in [5.74, 6) is -0.330. The third-order valence-corrected chi connectivity index (χ3v) is 11.3. The molecule has 0 radical (unpaired) electrons. The molecule has 220 valence electrons. The Labute approximate surface area is 261 Å². The SMILES string of the molecule is CNc1ccc(-c2ccc(-c3ccc(/C=C/C4=[N+](CCCCS(=O)(=O)[O-])c5ccc6ccccc6c5C4(C)C)s3)s2)cc1. The molecule has 0 amide bonds. The number of unbranched alkanes of at least 4 members (excludes halogenated alkanes) is 1. The zero-order chi connectivity index (χ0) is 30.2. The Morgan fingerprint density at radius 2 is 1.56 bits per heavy atom.